The molecular weight excluding hydrogens is 468 g/mol. The van der Waals surface area contributed by atoms with E-state index in [9.17, 15) is 0 Å². The molecule has 3 heterocycles. The Morgan fingerprint density at radius 1 is 0.919 bits per heavy atom. The molecule has 0 spiro atoms. The lowest BCUT2D eigenvalue weighted by Crippen LogP contribution is -2.46. The average molecular weight is 513 g/mol. The number of ether oxygens (including phenoxy) is 2. The van der Waals surface area contributed by atoms with Crippen LogP contribution >= 0.6 is 0 Å². The van der Waals surface area contributed by atoms with Gasteiger partial charge in [0.25, 0.3) is 0 Å². The van der Waals surface area contributed by atoms with E-state index in [1.165, 1.54) is 5.56 Å². The third-order valence-corrected chi connectivity index (χ3v) is 7.14. The third-order valence-electron chi connectivity index (χ3n) is 7.14. The van der Waals surface area contributed by atoms with Crippen molar-refractivity contribution in [1.82, 2.24) is 24.8 Å². The molecule has 10 heteroatoms. The van der Waals surface area contributed by atoms with Gasteiger partial charge in [-0.1, -0.05) is 6.07 Å². The van der Waals surface area contributed by atoms with Crippen LogP contribution in [-0.4, -0.2) is 96.0 Å². The molecule has 0 radical (unpaired) electrons. The molecule has 0 unspecified atom stereocenters. The Hall–Kier alpha value is -2.85. The zero-order chi connectivity index (χ0) is 26.4. The maximum atomic E-state index is 5.54. The van der Waals surface area contributed by atoms with Crippen molar-refractivity contribution in [2.24, 2.45) is 0 Å². The van der Waals surface area contributed by atoms with Crippen LogP contribution in [0.25, 0.3) is 0 Å². The number of hydrogen-bond acceptors (Lipinski definition) is 10. The molecule has 1 aromatic heterocycles. The van der Waals surface area contributed by atoms with Crippen LogP contribution in [-0.2, 0) is 6.54 Å². The number of hydrogen-bond donors (Lipinski definition) is 1. The van der Waals surface area contributed by atoms with Gasteiger partial charge >= 0.3 is 0 Å². The van der Waals surface area contributed by atoms with Gasteiger partial charge in [0.05, 0.1) is 0 Å². The van der Waals surface area contributed by atoms with Crippen LogP contribution in [0.4, 0.5) is 17.8 Å². The quantitative estimate of drug-likeness (QED) is 0.457. The van der Waals surface area contributed by atoms with Crippen molar-refractivity contribution in [1.29, 1.82) is 0 Å². The van der Waals surface area contributed by atoms with Gasteiger partial charge < -0.3 is 24.6 Å². The smallest absolute Gasteiger partial charge is 0.232 e. The monoisotopic (exact) mass is 512 g/mol. The lowest BCUT2D eigenvalue weighted by molar-refractivity contribution is 0.174. The molecule has 2 aromatic rings. The minimum Gasteiger partial charge on any atom is -0.454 e. The zero-order valence-electron chi connectivity index (χ0n) is 23.4. The summed E-state index contributed by atoms with van der Waals surface area (Å²) in [5.74, 6) is 3.83. The van der Waals surface area contributed by atoms with Gasteiger partial charge in [-0.25, -0.2) is 0 Å². The van der Waals surface area contributed by atoms with Gasteiger partial charge in [-0.3, -0.25) is 9.80 Å². The summed E-state index contributed by atoms with van der Waals surface area (Å²) in [6, 6.07) is 7.21. The highest BCUT2D eigenvalue weighted by molar-refractivity contribution is 5.46. The van der Waals surface area contributed by atoms with Gasteiger partial charge in [0, 0.05) is 71.0 Å². The summed E-state index contributed by atoms with van der Waals surface area (Å²) in [5, 5.41) is 3.48. The first-order valence-electron chi connectivity index (χ1n) is 13.7. The number of benzene rings is 1. The van der Waals surface area contributed by atoms with Crippen molar-refractivity contribution >= 4 is 17.8 Å². The first kappa shape index (κ1) is 27.2. The Balaban J connectivity index is 1.40. The first-order valence-corrected chi connectivity index (χ1v) is 13.7. The Morgan fingerprint density at radius 2 is 1.62 bits per heavy atom. The standard InChI is InChI=1S/C27H44N8O2/c1-7-33(8-2)26-29-25(28-11-12-35(20(3)4)21(5)6)30-27(31-26)34-15-13-32(14-16-34)18-22-9-10-23-24(17-22)37-19-36-23/h9-10,17,20-21H,7-8,11-16,18-19H2,1-6H3,(H,28,29,30,31). The molecule has 2 aliphatic rings. The van der Waals surface area contributed by atoms with E-state index >= 15 is 0 Å². The van der Waals surface area contributed by atoms with Crippen LogP contribution < -0.4 is 24.6 Å². The van der Waals surface area contributed by atoms with Crippen molar-refractivity contribution in [3.05, 3.63) is 23.8 Å². The van der Waals surface area contributed by atoms with Gasteiger partial charge in [0.1, 0.15) is 0 Å². The van der Waals surface area contributed by atoms with Gasteiger partial charge in [-0.2, -0.15) is 15.0 Å². The fourth-order valence-corrected chi connectivity index (χ4v) is 5.04. The highest BCUT2D eigenvalue weighted by Crippen LogP contribution is 2.33. The van der Waals surface area contributed by atoms with Crippen molar-refractivity contribution in [2.45, 2.75) is 60.2 Å². The van der Waals surface area contributed by atoms with E-state index in [1.807, 2.05) is 6.07 Å². The number of piperazine rings is 1. The number of nitrogens with zero attached hydrogens (tertiary/aromatic N) is 7. The Kier molecular flexibility index (Phi) is 9.26. The number of anilines is 3. The van der Waals surface area contributed by atoms with Gasteiger partial charge in [0.2, 0.25) is 24.6 Å². The van der Waals surface area contributed by atoms with E-state index in [0.717, 1.165) is 82.3 Å². The SMILES string of the molecule is CCN(CC)c1nc(NCCN(C(C)C)C(C)C)nc(N2CCN(Cc3ccc4c(c3)OCO4)CC2)n1. The molecule has 1 N–H and O–H groups in total. The lowest BCUT2D eigenvalue weighted by Gasteiger charge is -2.35. The van der Waals surface area contributed by atoms with Gasteiger partial charge in [-0.15, -0.1) is 0 Å². The molecule has 37 heavy (non-hydrogen) atoms. The molecule has 10 nitrogen and oxygen atoms in total. The number of aromatic nitrogens is 3. The molecule has 2 aliphatic heterocycles. The molecule has 204 valence electrons. The van der Waals surface area contributed by atoms with Crippen molar-refractivity contribution in [3.8, 4) is 11.5 Å². The molecule has 0 bridgehead atoms. The maximum absolute atomic E-state index is 5.54. The Bertz CT molecular complexity index is 998. The minimum absolute atomic E-state index is 0.309. The van der Waals surface area contributed by atoms with E-state index in [0.29, 0.717) is 24.8 Å². The topological polar surface area (TPSA) is 82.1 Å². The second-order valence-electron chi connectivity index (χ2n) is 10.2. The molecule has 0 atom stereocenters. The van der Waals surface area contributed by atoms with Gasteiger partial charge in [-0.05, 0) is 59.2 Å². The predicted molar refractivity (Wildman–Crippen MR) is 149 cm³/mol. The van der Waals surface area contributed by atoms with E-state index in [2.05, 4.69) is 78.6 Å². The average Bonchev–Trinajstić information content (AvgIpc) is 3.35. The van der Waals surface area contributed by atoms with Crippen molar-refractivity contribution < 1.29 is 9.47 Å². The summed E-state index contributed by atoms with van der Waals surface area (Å²) in [5.41, 5.74) is 1.24. The van der Waals surface area contributed by atoms with Crippen molar-refractivity contribution in [3.63, 3.8) is 0 Å². The number of nitrogens with one attached hydrogen (secondary N) is 1. The van der Waals surface area contributed by atoms with Crippen LogP contribution in [0.2, 0.25) is 0 Å². The number of fused-ring (bicyclic) bond motifs is 1. The summed E-state index contributed by atoms with van der Waals surface area (Å²) in [4.78, 5) is 23.9. The summed E-state index contributed by atoms with van der Waals surface area (Å²) in [6.45, 7) is 21.5. The molecule has 4 rings (SSSR count). The molecular formula is C27H44N8O2. The van der Waals surface area contributed by atoms with E-state index in [1.54, 1.807) is 0 Å². The molecule has 1 aromatic carbocycles. The zero-order valence-corrected chi connectivity index (χ0v) is 23.4. The van der Waals surface area contributed by atoms with Crippen LogP contribution in [0, 0.1) is 0 Å². The highest BCUT2D eigenvalue weighted by atomic mass is 16.7. The van der Waals surface area contributed by atoms with Crippen LogP contribution in [0.5, 0.6) is 11.5 Å². The fraction of sp³-hybridized carbons (Fsp3) is 0.667. The second-order valence-corrected chi connectivity index (χ2v) is 10.2. The van der Waals surface area contributed by atoms with E-state index in [-0.39, 0.29) is 0 Å². The summed E-state index contributed by atoms with van der Waals surface area (Å²) >= 11 is 0. The molecule has 1 fully saturated rings. The van der Waals surface area contributed by atoms with E-state index < -0.39 is 0 Å². The minimum atomic E-state index is 0.309. The summed E-state index contributed by atoms with van der Waals surface area (Å²) < 4.78 is 11.0. The van der Waals surface area contributed by atoms with E-state index in [4.69, 9.17) is 24.4 Å². The molecule has 0 aliphatic carbocycles. The third kappa shape index (κ3) is 6.93. The predicted octanol–water partition coefficient (Wildman–Crippen LogP) is 3.30. The van der Waals surface area contributed by atoms with Crippen LogP contribution in [0.1, 0.15) is 47.1 Å². The van der Waals surface area contributed by atoms with Crippen LogP contribution in [0.15, 0.2) is 18.2 Å². The second kappa shape index (κ2) is 12.6. The molecule has 1 saturated heterocycles. The first-order chi connectivity index (χ1) is 17.9. The Labute approximate surface area is 222 Å². The molecule has 0 amide bonds. The van der Waals surface area contributed by atoms with Gasteiger partial charge in [0.15, 0.2) is 11.5 Å². The lowest BCUT2D eigenvalue weighted by atomic mass is 10.1. The Morgan fingerprint density at radius 3 is 2.30 bits per heavy atom. The largest absolute Gasteiger partial charge is 0.454 e. The summed E-state index contributed by atoms with van der Waals surface area (Å²) in [7, 11) is 0. The summed E-state index contributed by atoms with van der Waals surface area (Å²) in [6.07, 6.45) is 0. The highest BCUT2D eigenvalue weighted by Gasteiger charge is 2.23. The fourth-order valence-electron chi connectivity index (χ4n) is 5.04. The van der Waals surface area contributed by atoms with Crippen LogP contribution in [0.3, 0.4) is 0 Å². The van der Waals surface area contributed by atoms with Crippen molar-refractivity contribution in [2.75, 3.05) is 74.3 Å². The normalized spacial score (nSPS) is 15.8. The number of rotatable bonds is 12. The molecule has 0 saturated carbocycles. The maximum Gasteiger partial charge on any atom is 0.232 e.